The second-order valence-electron chi connectivity index (χ2n) is 4.56. The zero-order valence-corrected chi connectivity index (χ0v) is 11.9. The molecule has 0 saturated carbocycles. The molecule has 2 aromatic rings. The van der Waals surface area contributed by atoms with Crippen LogP contribution in [-0.2, 0) is 6.42 Å². The number of nitrogens with zero attached hydrogens (tertiary/aromatic N) is 4. The molecule has 112 valence electrons. The summed E-state index contributed by atoms with van der Waals surface area (Å²) >= 11 is 0. The molecule has 0 aliphatic carbocycles. The summed E-state index contributed by atoms with van der Waals surface area (Å²) in [6.07, 6.45) is 0.658. The fourth-order valence-electron chi connectivity index (χ4n) is 1.78. The number of likely N-dealkylation sites (N-methyl/N-ethyl adjacent to an activating group) is 1. The lowest BCUT2D eigenvalue weighted by molar-refractivity contribution is 0.403. The van der Waals surface area contributed by atoms with E-state index in [2.05, 4.69) is 20.3 Å². The average Bonchev–Trinajstić information content (AvgIpc) is 2.47. The average molecular weight is 290 g/mol. The van der Waals surface area contributed by atoms with Crippen molar-refractivity contribution in [3.8, 4) is 11.5 Å². The van der Waals surface area contributed by atoms with Crippen molar-refractivity contribution in [2.24, 2.45) is 0 Å². The van der Waals surface area contributed by atoms with E-state index in [1.165, 1.54) is 12.1 Å². The van der Waals surface area contributed by atoms with Gasteiger partial charge in [0.1, 0.15) is 0 Å². The van der Waals surface area contributed by atoms with Crippen molar-refractivity contribution in [2.45, 2.75) is 6.42 Å². The number of aromatic hydroxyl groups is 2. The Morgan fingerprint density at radius 2 is 1.95 bits per heavy atom. The molecule has 1 aromatic carbocycles. The summed E-state index contributed by atoms with van der Waals surface area (Å²) in [6.45, 7) is 0.622. The maximum atomic E-state index is 9.47. The lowest BCUT2D eigenvalue weighted by atomic mass is 10.1. The van der Waals surface area contributed by atoms with Gasteiger partial charge in [-0.1, -0.05) is 6.07 Å². The van der Waals surface area contributed by atoms with Gasteiger partial charge in [0.05, 0.1) is 0 Å². The maximum absolute atomic E-state index is 9.47. The van der Waals surface area contributed by atoms with E-state index in [1.54, 1.807) is 13.1 Å². The van der Waals surface area contributed by atoms with Crippen LogP contribution in [0.15, 0.2) is 18.2 Å². The van der Waals surface area contributed by atoms with Gasteiger partial charge in [0.2, 0.25) is 17.8 Å². The van der Waals surface area contributed by atoms with Gasteiger partial charge in [-0.25, -0.2) is 0 Å². The predicted molar refractivity (Wildman–Crippen MR) is 80.5 cm³/mol. The minimum Gasteiger partial charge on any atom is -0.504 e. The first-order chi connectivity index (χ1) is 9.99. The quantitative estimate of drug-likeness (QED) is 0.590. The van der Waals surface area contributed by atoms with Gasteiger partial charge in [-0.05, 0) is 24.1 Å². The third-order valence-corrected chi connectivity index (χ3v) is 2.98. The second kappa shape index (κ2) is 6.12. The summed E-state index contributed by atoms with van der Waals surface area (Å²) in [4.78, 5) is 14.1. The first-order valence-corrected chi connectivity index (χ1v) is 6.41. The van der Waals surface area contributed by atoms with Gasteiger partial charge in [0.15, 0.2) is 11.5 Å². The van der Waals surface area contributed by atoms with Crippen LogP contribution >= 0.6 is 0 Å². The van der Waals surface area contributed by atoms with Crippen molar-refractivity contribution in [3.63, 3.8) is 0 Å². The van der Waals surface area contributed by atoms with Crippen molar-refractivity contribution < 1.29 is 10.2 Å². The maximum Gasteiger partial charge on any atom is 0.231 e. The topological polar surface area (TPSA) is 120 Å². The fraction of sp³-hybridized carbons (Fsp3) is 0.308. The monoisotopic (exact) mass is 290 g/mol. The molecule has 0 amide bonds. The van der Waals surface area contributed by atoms with E-state index < -0.39 is 0 Å². The zero-order valence-electron chi connectivity index (χ0n) is 11.9. The van der Waals surface area contributed by atoms with Crippen LogP contribution in [0.3, 0.4) is 0 Å². The zero-order chi connectivity index (χ0) is 15.4. The third-order valence-electron chi connectivity index (χ3n) is 2.98. The highest BCUT2D eigenvalue weighted by Gasteiger charge is 2.09. The van der Waals surface area contributed by atoms with Crippen LogP contribution in [0.2, 0.25) is 0 Å². The van der Waals surface area contributed by atoms with E-state index in [-0.39, 0.29) is 17.4 Å². The molecule has 0 spiro atoms. The molecule has 2 rings (SSSR count). The Kier molecular flexibility index (Phi) is 4.27. The molecule has 21 heavy (non-hydrogen) atoms. The molecule has 0 saturated heterocycles. The number of aromatic nitrogens is 3. The van der Waals surface area contributed by atoms with Crippen molar-refractivity contribution in [2.75, 3.05) is 36.6 Å². The number of phenolic OH excluding ortho intramolecular Hbond substituents is 2. The number of nitrogen functional groups attached to an aromatic ring is 1. The molecule has 8 heteroatoms. The first kappa shape index (κ1) is 14.6. The Labute approximate surface area is 122 Å². The molecule has 0 aliphatic rings. The number of nitrogens with two attached hydrogens (primary N) is 1. The molecule has 1 aromatic heterocycles. The third kappa shape index (κ3) is 3.62. The molecule has 0 unspecified atom stereocenters. The van der Waals surface area contributed by atoms with Crippen LogP contribution in [-0.4, -0.2) is 45.8 Å². The van der Waals surface area contributed by atoms with Crippen LogP contribution in [0.1, 0.15) is 5.56 Å². The van der Waals surface area contributed by atoms with Crippen LogP contribution in [0.4, 0.5) is 17.8 Å². The second-order valence-corrected chi connectivity index (χ2v) is 4.56. The van der Waals surface area contributed by atoms with Gasteiger partial charge in [-0.3, -0.25) is 0 Å². The number of hydrogen-bond acceptors (Lipinski definition) is 8. The largest absolute Gasteiger partial charge is 0.504 e. The smallest absolute Gasteiger partial charge is 0.231 e. The number of rotatable bonds is 5. The summed E-state index contributed by atoms with van der Waals surface area (Å²) in [5, 5.41) is 21.6. The molecule has 0 aliphatic heterocycles. The minimum atomic E-state index is -0.129. The summed E-state index contributed by atoms with van der Waals surface area (Å²) in [7, 11) is 3.55. The van der Waals surface area contributed by atoms with Crippen molar-refractivity contribution in [3.05, 3.63) is 23.8 Å². The molecule has 0 radical (unpaired) electrons. The summed E-state index contributed by atoms with van der Waals surface area (Å²) in [6, 6.07) is 4.75. The highest BCUT2D eigenvalue weighted by atomic mass is 16.3. The summed E-state index contributed by atoms with van der Waals surface area (Å²) < 4.78 is 0. The SMILES string of the molecule is CNc1nc(N)nc(N(C)CCc2ccc(O)c(O)c2)n1. The number of anilines is 3. The molecule has 0 atom stereocenters. The highest BCUT2D eigenvalue weighted by molar-refractivity contribution is 5.42. The molecular weight excluding hydrogens is 272 g/mol. The van der Waals surface area contributed by atoms with E-state index >= 15 is 0 Å². The Morgan fingerprint density at radius 3 is 2.62 bits per heavy atom. The lowest BCUT2D eigenvalue weighted by Gasteiger charge is -2.17. The number of benzene rings is 1. The van der Waals surface area contributed by atoms with E-state index in [9.17, 15) is 10.2 Å². The lowest BCUT2D eigenvalue weighted by Crippen LogP contribution is -2.23. The van der Waals surface area contributed by atoms with Crippen LogP contribution in [0, 0.1) is 0 Å². The standard InChI is InChI=1S/C13H18N6O2/c1-15-12-16-11(14)17-13(18-12)19(2)6-5-8-3-4-9(20)10(21)7-8/h3-4,7,20-21H,5-6H2,1-2H3,(H3,14,15,16,17,18). The minimum absolute atomic E-state index is 0.128. The van der Waals surface area contributed by atoms with E-state index in [0.717, 1.165) is 5.56 Å². The summed E-state index contributed by atoms with van der Waals surface area (Å²) in [5.41, 5.74) is 6.52. The number of hydrogen-bond donors (Lipinski definition) is 4. The number of nitrogens with one attached hydrogen (secondary N) is 1. The molecule has 0 bridgehead atoms. The van der Waals surface area contributed by atoms with Crippen LogP contribution in [0.25, 0.3) is 0 Å². The van der Waals surface area contributed by atoms with Crippen LogP contribution in [0.5, 0.6) is 11.5 Å². The van der Waals surface area contributed by atoms with Crippen molar-refractivity contribution in [1.29, 1.82) is 0 Å². The van der Waals surface area contributed by atoms with E-state index in [1.807, 2.05) is 11.9 Å². The Morgan fingerprint density at radius 1 is 1.19 bits per heavy atom. The Bertz CT molecular complexity index is 634. The summed E-state index contributed by atoms with van der Waals surface area (Å²) in [5.74, 6) is 0.771. The van der Waals surface area contributed by atoms with Gasteiger partial charge in [-0.15, -0.1) is 0 Å². The van der Waals surface area contributed by atoms with Gasteiger partial charge >= 0.3 is 0 Å². The predicted octanol–water partition coefficient (Wildman–Crippen LogP) is 0.586. The van der Waals surface area contributed by atoms with Crippen molar-refractivity contribution in [1.82, 2.24) is 15.0 Å². The van der Waals surface area contributed by atoms with Gasteiger partial charge in [-0.2, -0.15) is 15.0 Å². The molecule has 0 fully saturated rings. The Balaban J connectivity index is 2.05. The fourth-order valence-corrected chi connectivity index (χ4v) is 1.78. The number of phenols is 2. The Hall–Kier alpha value is -2.77. The molecule has 1 heterocycles. The molecular formula is C13H18N6O2. The van der Waals surface area contributed by atoms with E-state index in [0.29, 0.717) is 24.9 Å². The van der Waals surface area contributed by atoms with Gasteiger partial charge in [0.25, 0.3) is 0 Å². The molecule has 5 N–H and O–H groups in total. The van der Waals surface area contributed by atoms with Gasteiger partial charge < -0.3 is 26.2 Å². The first-order valence-electron chi connectivity index (χ1n) is 6.41. The normalized spacial score (nSPS) is 10.4. The van der Waals surface area contributed by atoms with Crippen molar-refractivity contribution >= 4 is 17.8 Å². The molecule has 8 nitrogen and oxygen atoms in total. The highest BCUT2D eigenvalue weighted by Crippen LogP contribution is 2.25. The van der Waals surface area contributed by atoms with Crippen LogP contribution < -0.4 is 16.0 Å². The van der Waals surface area contributed by atoms with Gasteiger partial charge in [0, 0.05) is 20.6 Å². The van der Waals surface area contributed by atoms with E-state index in [4.69, 9.17) is 5.73 Å².